The van der Waals surface area contributed by atoms with Crippen molar-refractivity contribution < 1.29 is 9.47 Å². The Balaban J connectivity index is 1.34. The summed E-state index contributed by atoms with van der Waals surface area (Å²) in [5.74, 6) is 0.475. The number of ether oxygens (including phenoxy) is 2. The van der Waals surface area contributed by atoms with Gasteiger partial charge >= 0.3 is 0 Å². The molecule has 2 aromatic rings. The zero-order valence-corrected chi connectivity index (χ0v) is 15.3. The van der Waals surface area contributed by atoms with Crippen molar-refractivity contribution in [1.82, 2.24) is 14.9 Å². The molecule has 0 radical (unpaired) electrons. The molecule has 0 amide bonds. The van der Waals surface area contributed by atoms with Crippen LogP contribution < -0.4 is 0 Å². The summed E-state index contributed by atoms with van der Waals surface area (Å²) in [6.07, 6.45) is 9.12. The van der Waals surface area contributed by atoms with E-state index in [0.717, 1.165) is 44.8 Å². The third kappa shape index (κ3) is 4.08. The van der Waals surface area contributed by atoms with E-state index in [0.29, 0.717) is 12.5 Å². The third-order valence-electron chi connectivity index (χ3n) is 5.34. The molecule has 4 rings (SSSR count). The van der Waals surface area contributed by atoms with Gasteiger partial charge in [-0.2, -0.15) is 0 Å². The lowest BCUT2D eigenvalue weighted by Crippen LogP contribution is -2.54. The molecular formula is C19H25N3O2S. The highest BCUT2D eigenvalue weighted by Gasteiger charge is 2.46. The van der Waals surface area contributed by atoms with Gasteiger partial charge in [-0.1, -0.05) is 12.5 Å². The van der Waals surface area contributed by atoms with Gasteiger partial charge in [0, 0.05) is 43.0 Å². The van der Waals surface area contributed by atoms with Crippen molar-refractivity contribution in [3.05, 3.63) is 46.7 Å². The molecule has 0 aromatic carbocycles. The van der Waals surface area contributed by atoms with Gasteiger partial charge in [0.05, 0.1) is 32.0 Å². The van der Waals surface area contributed by atoms with Crippen molar-refractivity contribution in [3.63, 3.8) is 0 Å². The van der Waals surface area contributed by atoms with Crippen molar-refractivity contribution in [2.45, 2.75) is 38.0 Å². The Morgan fingerprint density at radius 1 is 1.40 bits per heavy atom. The maximum absolute atomic E-state index is 6.34. The van der Waals surface area contributed by atoms with Crippen molar-refractivity contribution in [2.75, 3.05) is 26.3 Å². The van der Waals surface area contributed by atoms with Crippen LogP contribution >= 0.6 is 11.3 Å². The monoisotopic (exact) mass is 359 g/mol. The standard InChI is InChI=1S/C19H25N3O2S/c1-4-17(14-23-13-16-3-2-6-20-11-16)19(5-1)15-22(8-9-24-19)12-18-21-7-10-25-18/h2-3,6-7,10-11,17H,1,4-5,8-9,12-15H2/t17-,19-/m0/s1. The first-order chi connectivity index (χ1) is 12.3. The molecule has 0 N–H and O–H groups in total. The van der Waals surface area contributed by atoms with Crippen LogP contribution in [-0.4, -0.2) is 46.8 Å². The molecule has 25 heavy (non-hydrogen) atoms. The first-order valence-corrected chi connectivity index (χ1v) is 9.93. The van der Waals surface area contributed by atoms with Crippen molar-refractivity contribution in [3.8, 4) is 0 Å². The fraction of sp³-hybridized carbons (Fsp3) is 0.579. The maximum Gasteiger partial charge on any atom is 0.107 e. The van der Waals surface area contributed by atoms with Crippen LogP contribution in [0.4, 0.5) is 0 Å². The van der Waals surface area contributed by atoms with Gasteiger partial charge in [-0.15, -0.1) is 11.3 Å². The SMILES string of the molecule is c1cncc(COC[C@@H]2CCC[C@]23CN(Cc2nccs2)CCO3)c1. The van der Waals surface area contributed by atoms with Crippen LogP contribution in [0, 0.1) is 5.92 Å². The molecule has 5 nitrogen and oxygen atoms in total. The van der Waals surface area contributed by atoms with E-state index in [4.69, 9.17) is 9.47 Å². The summed E-state index contributed by atoms with van der Waals surface area (Å²) in [5.41, 5.74) is 1.09. The van der Waals surface area contributed by atoms with E-state index in [-0.39, 0.29) is 5.60 Å². The second-order valence-corrected chi connectivity index (χ2v) is 7.99. The molecule has 134 valence electrons. The molecule has 1 aliphatic carbocycles. The van der Waals surface area contributed by atoms with Gasteiger partial charge in [0.15, 0.2) is 0 Å². The van der Waals surface area contributed by atoms with Crippen molar-refractivity contribution >= 4 is 11.3 Å². The smallest absolute Gasteiger partial charge is 0.107 e. The highest BCUT2D eigenvalue weighted by Crippen LogP contribution is 2.41. The molecule has 2 fully saturated rings. The highest BCUT2D eigenvalue weighted by atomic mass is 32.1. The largest absolute Gasteiger partial charge is 0.376 e. The zero-order chi connectivity index (χ0) is 17.0. The zero-order valence-electron chi connectivity index (χ0n) is 14.5. The Morgan fingerprint density at radius 2 is 2.40 bits per heavy atom. The normalized spacial score (nSPS) is 27.1. The van der Waals surface area contributed by atoms with E-state index in [1.165, 1.54) is 17.8 Å². The molecular weight excluding hydrogens is 334 g/mol. The summed E-state index contributed by atoms with van der Waals surface area (Å²) in [7, 11) is 0. The fourth-order valence-corrected chi connectivity index (χ4v) is 4.75. The number of nitrogens with zero attached hydrogens (tertiary/aromatic N) is 3. The third-order valence-corrected chi connectivity index (χ3v) is 6.10. The van der Waals surface area contributed by atoms with Gasteiger partial charge in [0.1, 0.15) is 5.01 Å². The number of aromatic nitrogens is 2. The van der Waals surface area contributed by atoms with Gasteiger partial charge < -0.3 is 9.47 Å². The molecule has 2 aromatic heterocycles. The summed E-state index contributed by atoms with van der Waals surface area (Å²) >= 11 is 1.74. The lowest BCUT2D eigenvalue weighted by Gasteiger charge is -2.44. The van der Waals surface area contributed by atoms with Crippen LogP contribution in [0.15, 0.2) is 36.1 Å². The Labute approximate surface area is 153 Å². The number of morpholine rings is 1. The topological polar surface area (TPSA) is 47.5 Å². The molecule has 1 spiro atoms. The number of hydrogen-bond donors (Lipinski definition) is 0. The van der Waals surface area contributed by atoms with Crippen LogP contribution in [0.2, 0.25) is 0 Å². The Kier molecular flexibility index (Phi) is 5.41. The lowest BCUT2D eigenvalue weighted by molar-refractivity contribution is -0.144. The summed E-state index contributed by atoms with van der Waals surface area (Å²) in [5, 5.41) is 3.25. The van der Waals surface area contributed by atoms with Crippen LogP contribution in [-0.2, 0) is 22.6 Å². The molecule has 1 saturated carbocycles. The highest BCUT2D eigenvalue weighted by molar-refractivity contribution is 7.09. The average molecular weight is 359 g/mol. The van der Waals surface area contributed by atoms with Gasteiger partial charge in [0.25, 0.3) is 0 Å². The number of hydrogen-bond acceptors (Lipinski definition) is 6. The first kappa shape index (κ1) is 17.1. The number of thiazole rings is 1. The second kappa shape index (κ2) is 7.91. The van der Waals surface area contributed by atoms with E-state index in [9.17, 15) is 0 Å². The number of pyridine rings is 1. The summed E-state index contributed by atoms with van der Waals surface area (Å²) in [6.45, 7) is 5.12. The van der Waals surface area contributed by atoms with Crippen molar-refractivity contribution in [1.29, 1.82) is 0 Å². The molecule has 2 aliphatic rings. The van der Waals surface area contributed by atoms with Crippen LogP contribution in [0.5, 0.6) is 0 Å². The summed E-state index contributed by atoms with van der Waals surface area (Å²) in [4.78, 5) is 11.1. The fourth-order valence-electron chi connectivity index (χ4n) is 4.09. The van der Waals surface area contributed by atoms with Crippen molar-refractivity contribution in [2.24, 2.45) is 5.92 Å². The predicted octanol–water partition coefficient (Wildman–Crippen LogP) is 3.13. The summed E-state index contributed by atoms with van der Waals surface area (Å²) < 4.78 is 12.4. The summed E-state index contributed by atoms with van der Waals surface area (Å²) in [6, 6.07) is 4.01. The molecule has 1 saturated heterocycles. The molecule has 6 heteroatoms. The van der Waals surface area contributed by atoms with E-state index in [2.05, 4.69) is 26.3 Å². The Hall–Kier alpha value is -1.34. The number of rotatable bonds is 6. The van der Waals surface area contributed by atoms with E-state index in [1.807, 2.05) is 18.5 Å². The Bertz CT molecular complexity index is 652. The minimum atomic E-state index is -0.0373. The van der Waals surface area contributed by atoms with Crippen LogP contribution in [0.25, 0.3) is 0 Å². The average Bonchev–Trinajstić information content (AvgIpc) is 3.27. The minimum absolute atomic E-state index is 0.0373. The van der Waals surface area contributed by atoms with Gasteiger partial charge in [0.2, 0.25) is 0 Å². The van der Waals surface area contributed by atoms with Crippen LogP contribution in [0.3, 0.4) is 0 Å². The lowest BCUT2D eigenvalue weighted by atomic mass is 9.89. The quantitative estimate of drug-likeness (QED) is 0.793. The van der Waals surface area contributed by atoms with Crippen LogP contribution in [0.1, 0.15) is 29.8 Å². The predicted molar refractivity (Wildman–Crippen MR) is 97.3 cm³/mol. The van der Waals surface area contributed by atoms with Gasteiger partial charge in [-0.25, -0.2) is 4.98 Å². The minimum Gasteiger partial charge on any atom is -0.376 e. The second-order valence-electron chi connectivity index (χ2n) is 7.02. The van der Waals surface area contributed by atoms with Gasteiger partial charge in [-0.3, -0.25) is 9.88 Å². The molecule has 3 heterocycles. The molecule has 0 unspecified atom stereocenters. The van der Waals surface area contributed by atoms with Gasteiger partial charge in [-0.05, 0) is 24.5 Å². The van der Waals surface area contributed by atoms with E-state index in [1.54, 1.807) is 17.5 Å². The molecule has 2 atom stereocenters. The first-order valence-electron chi connectivity index (χ1n) is 9.05. The molecule has 0 bridgehead atoms. The molecule has 1 aliphatic heterocycles. The maximum atomic E-state index is 6.34. The van der Waals surface area contributed by atoms with E-state index < -0.39 is 0 Å². The van der Waals surface area contributed by atoms with E-state index >= 15 is 0 Å². The Morgan fingerprint density at radius 3 is 3.24 bits per heavy atom.